The fraction of sp³-hybridized carbons (Fsp3) is 0.222. The van der Waals surface area contributed by atoms with Gasteiger partial charge in [-0.25, -0.2) is 4.98 Å². The molecule has 0 fully saturated rings. The second kappa shape index (κ2) is 10.2. The summed E-state index contributed by atoms with van der Waals surface area (Å²) in [5, 5.41) is 0.504. The maximum Gasteiger partial charge on any atom is 0.266 e. The van der Waals surface area contributed by atoms with Gasteiger partial charge in [-0.2, -0.15) is 0 Å². The van der Waals surface area contributed by atoms with Gasteiger partial charge in [-0.15, -0.1) is 0 Å². The minimum absolute atomic E-state index is 0.121. The van der Waals surface area contributed by atoms with Gasteiger partial charge in [-0.05, 0) is 55.8 Å². The minimum Gasteiger partial charge on any atom is -0.495 e. The number of benzene rings is 3. The molecule has 1 aromatic heterocycles. The van der Waals surface area contributed by atoms with Crippen molar-refractivity contribution in [1.82, 2.24) is 14.5 Å². The second-order valence-corrected chi connectivity index (χ2v) is 8.90. The molecule has 0 saturated heterocycles. The quantitative estimate of drug-likeness (QED) is 0.311. The molecular formula is C27H26BrN3O3. The van der Waals surface area contributed by atoms with Gasteiger partial charge in [0.05, 0.1) is 29.7 Å². The summed E-state index contributed by atoms with van der Waals surface area (Å²) in [5.74, 6) is 0.908. The predicted octanol–water partition coefficient (Wildman–Crippen LogP) is 5.77. The van der Waals surface area contributed by atoms with E-state index in [0.29, 0.717) is 40.3 Å². The smallest absolute Gasteiger partial charge is 0.266 e. The van der Waals surface area contributed by atoms with E-state index >= 15 is 0 Å². The number of amides is 1. The summed E-state index contributed by atoms with van der Waals surface area (Å²) in [7, 11) is 1.57. The molecule has 7 heteroatoms. The first kappa shape index (κ1) is 23.7. The molecule has 1 heterocycles. The van der Waals surface area contributed by atoms with Crippen LogP contribution >= 0.6 is 15.9 Å². The highest BCUT2D eigenvalue weighted by atomic mass is 79.9. The van der Waals surface area contributed by atoms with Gasteiger partial charge >= 0.3 is 0 Å². The molecule has 0 aliphatic carbocycles. The van der Waals surface area contributed by atoms with Crippen LogP contribution in [-0.2, 0) is 0 Å². The molecule has 0 saturated carbocycles. The Hall–Kier alpha value is -3.45. The summed E-state index contributed by atoms with van der Waals surface area (Å²) < 4.78 is 7.97. The number of rotatable bonds is 7. The Morgan fingerprint density at radius 2 is 1.82 bits per heavy atom. The van der Waals surface area contributed by atoms with Crippen molar-refractivity contribution in [3.8, 4) is 11.4 Å². The van der Waals surface area contributed by atoms with Crippen LogP contribution in [0.3, 0.4) is 0 Å². The number of aromatic nitrogens is 2. The molecule has 0 N–H and O–H groups in total. The maximum atomic E-state index is 13.7. The average molecular weight is 520 g/mol. The fourth-order valence-corrected chi connectivity index (χ4v) is 4.52. The van der Waals surface area contributed by atoms with Crippen LogP contribution in [0.15, 0.2) is 82.1 Å². The summed E-state index contributed by atoms with van der Waals surface area (Å²) in [6.07, 6.45) is 0.760. The molecule has 6 nitrogen and oxygen atoms in total. The number of ether oxygens (including phenoxy) is 1. The first-order valence-electron chi connectivity index (χ1n) is 11.2. The standard InChI is InChI=1S/C27H26BrN3O3/c1-4-16-30(26(32)19-10-9-11-20(28)17-19)18(2)25-29-22-13-6-5-12-21(22)27(33)31(25)23-14-7-8-15-24(23)34-3/h5-15,17-18H,4,16H2,1-3H3. The highest BCUT2D eigenvalue weighted by Crippen LogP contribution is 2.28. The summed E-state index contributed by atoms with van der Waals surface area (Å²) in [6.45, 7) is 4.45. The molecule has 0 aliphatic heterocycles. The van der Waals surface area contributed by atoms with Crippen molar-refractivity contribution in [2.45, 2.75) is 26.3 Å². The van der Waals surface area contributed by atoms with Crippen molar-refractivity contribution in [2.24, 2.45) is 0 Å². The number of hydrogen-bond donors (Lipinski definition) is 0. The first-order valence-corrected chi connectivity index (χ1v) is 12.0. The van der Waals surface area contributed by atoms with Crippen molar-refractivity contribution >= 4 is 32.7 Å². The number of fused-ring (bicyclic) bond motifs is 1. The van der Waals surface area contributed by atoms with E-state index in [0.717, 1.165) is 10.9 Å². The molecule has 1 amide bonds. The second-order valence-electron chi connectivity index (χ2n) is 7.98. The summed E-state index contributed by atoms with van der Waals surface area (Å²) in [5.41, 5.74) is 1.54. The average Bonchev–Trinajstić information content (AvgIpc) is 2.86. The Morgan fingerprint density at radius 3 is 2.56 bits per heavy atom. The number of halogens is 1. The molecular weight excluding hydrogens is 494 g/mol. The number of hydrogen-bond acceptors (Lipinski definition) is 4. The molecule has 0 aliphatic rings. The summed E-state index contributed by atoms with van der Waals surface area (Å²) in [6, 6.07) is 21.4. The van der Waals surface area contributed by atoms with Crippen molar-refractivity contribution in [2.75, 3.05) is 13.7 Å². The van der Waals surface area contributed by atoms with Crippen LogP contribution in [0.4, 0.5) is 0 Å². The van der Waals surface area contributed by atoms with Crippen LogP contribution in [-0.4, -0.2) is 34.0 Å². The number of para-hydroxylation sites is 3. The van der Waals surface area contributed by atoms with Crippen molar-refractivity contribution in [1.29, 1.82) is 0 Å². The summed E-state index contributed by atoms with van der Waals surface area (Å²) >= 11 is 3.45. The van der Waals surface area contributed by atoms with E-state index in [1.807, 2.05) is 68.4 Å². The highest BCUT2D eigenvalue weighted by Gasteiger charge is 2.28. The zero-order chi connectivity index (χ0) is 24.2. The van der Waals surface area contributed by atoms with E-state index in [1.54, 1.807) is 34.8 Å². The van der Waals surface area contributed by atoms with Crippen molar-refractivity contribution < 1.29 is 9.53 Å². The van der Waals surface area contributed by atoms with Crippen LogP contribution in [0.5, 0.6) is 5.75 Å². The van der Waals surface area contributed by atoms with Crippen LogP contribution in [0.2, 0.25) is 0 Å². The van der Waals surface area contributed by atoms with E-state index in [9.17, 15) is 9.59 Å². The van der Waals surface area contributed by atoms with Gasteiger partial charge < -0.3 is 9.64 Å². The van der Waals surface area contributed by atoms with Crippen molar-refractivity contribution in [3.05, 3.63) is 99.0 Å². The molecule has 0 radical (unpaired) electrons. The molecule has 3 aromatic carbocycles. The Kier molecular flexibility index (Phi) is 7.12. The molecule has 1 atom stereocenters. The highest BCUT2D eigenvalue weighted by molar-refractivity contribution is 9.10. The van der Waals surface area contributed by atoms with Crippen LogP contribution < -0.4 is 10.3 Å². The van der Waals surface area contributed by atoms with Crippen LogP contribution in [0, 0.1) is 0 Å². The number of carbonyl (C=O) groups excluding carboxylic acids is 1. The lowest BCUT2D eigenvalue weighted by molar-refractivity contribution is 0.0681. The van der Waals surface area contributed by atoms with E-state index in [2.05, 4.69) is 15.9 Å². The Labute approximate surface area is 206 Å². The molecule has 4 rings (SSSR count). The predicted molar refractivity (Wildman–Crippen MR) is 138 cm³/mol. The fourth-order valence-electron chi connectivity index (χ4n) is 4.12. The Balaban J connectivity index is 1.94. The molecule has 34 heavy (non-hydrogen) atoms. The molecule has 4 aromatic rings. The normalized spacial score (nSPS) is 11.9. The first-order chi connectivity index (χ1) is 16.5. The van der Waals surface area contributed by atoms with E-state index in [4.69, 9.17) is 9.72 Å². The van der Waals surface area contributed by atoms with Crippen molar-refractivity contribution in [3.63, 3.8) is 0 Å². The molecule has 0 spiro atoms. The Bertz CT molecular complexity index is 1400. The zero-order valence-electron chi connectivity index (χ0n) is 19.4. The zero-order valence-corrected chi connectivity index (χ0v) is 21.0. The number of methoxy groups -OCH3 is 1. The van der Waals surface area contributed by atoms with Gasteiger partial charge in [0.25, 0.3) is 11.5 Å². The molecule has 174 valence electrons. The maximum absolute atomic E-state index is 13.7. The lowest BCUT2D eigenvalue weighted by Gasteiger charge is -2.30. The van der Waals surface area contributed by atoms with E-state index < -0.39 is 6.04 Å². The third-order valence-corrected chi connectivity index (χ3v) is 6.26. The summed E-state index contributed by atoms with van der Waals surface area (Å²) in [4.78, 5) is 34.0. The Morgan fingerprint density at radius 1 is 1.09 bits per heavy atom. The number of nitrogens with zero attached hydrogens (tertiary/aromatic N) is 3. The SMILES string of the molecule is CCCN(C(=O)c1cccc(Br)c1)C(C)c1nc2ccccc2c(=O)n1-c1ccccc1OC. The van der Waals surface area contributed by atoms with Gasteiger partial charge in [-0.1, -0.05) is 53.2 Å². The number of carbonyl (C=O) groups is 1. The van der Waals surface area contributed by atoms with E-state index in [1.165, 1.54) is 0 Å². The van der Waals surface area contributed by atoms with Crippen LogP contribution in [0.1, 0.15) is 42.5 Å². The third kappa shape index (κ3) is 4.48. The topological polar surface area (TPSA) is 64.4 Å². The lowest BCUT2D eigenvalue weighted by Crippen LogP contribution is -2.38. The minimum atomic E-state index is -0.478. The third-order valence-electron chi connectivity index (χ3n) is 5.77. The lowest BCUT2D eigenvalue weighted by atomic mass is 10.1. The van der Waals surface area contributed by atoms with Gasteiger partial charge in [0.1, 0.15) is 11.6 Å². The van der Waals surface area contributed by atoms with Gasteiger partial charge in [0.15, 0.2) is 0 Å². The van der Waals surface area contributed by atoms with E-state index in [-0.39, 0.29) is 11.5 Å². The monoisotopic (exact) mass is 519 g/mol. The van der Waals surface area contributed by atoms with Crippen LogP contribution in [0.25, 0.3) is 16.6 Å². The van der Waals surface area contributed by atoms with Gasteiger partial charge in [0.2, 0.25) is 0 Å². The van der Waals surface area contributed by atoms with Gasteiger partial charge in [0, 0.05) is 16.6 Å². The largest absolute Gasteiger partial charge is 0.495 e. The van der Waals surface area contributed by atoms with Gasteiger partial charge in [-0.3, -0.25) is 14.2 Å². The molecule has 0 bridgehead atoms. The molecule has 1 unspecified atom stereocenters.